The number of hydrogen-bond donors (Lipinski definition) is 2. The predicted molar refractivity (Wildman–Crippen MR) is 154 cm³/mol. The highest BCUT2D eigenvalue weighted by Gasteiger charge is 2.55. The first-order chi connectivity index (χ1) is 17.8. The molecule has 0 spiro atoms. The van der Waals surface area contributed by atoms with Crippen molar-refractivity contribution in [2.24, 2.45) is 11.3 Å². The summed E-state index contributed by atoms with van der Waals surface area (Å²) in [7, 11) is -0.282. The van der Waals surface area contributed by atoms with Gasteiger partial charge in [-0.25, -0.2) is 0 Å². The number of rotatable bonds is 8. The van der Waals surface area contributed by atoms with Crippen molar-refractivity contribution in [3.8, 4) is 0 Å². The Hall–Kier alpha value is -2.45. The molecule has 1 unspecified atom stereocenters. The number of aromatic nitrogens is 2. The lowest BCUT2D eigenvalue weighted by molar-refractivity contribution is 0.0868. The molecule has 0 radical (unpaired) electrons. The maximum Gasteiger partial charge on any atom is 0.271 e. The predicted octanol–water partition coefficient (Wildman–Crippen LogP) is 5.94. The van der Waals surface area contributed by atoms with Gasteiger partial charge >= 0.3 is 0 Å². The molecule has 1 heterocycles. The van der Waals surface area contributed by atoms with Gasteiger partial charge in [0.1, 0.15) is 5.69 Å². The van der Waals surface area contributed by atoms with Gasteiger partial charge in [0, 0.05) is 25.3 Å². The van der Waals surface area contributed by atoms with Crippen molar-refractivity contribution < 1.29 is 14.0 Å². The van der Waals surface area contributed by atoms with Gasteiger partial charge < -0.3 is 15.1 Å². The van der Waals surface area contributed by atoms with Crippen LogP contribution >= 0.6 is 0 Å². The maximum absolute atomic E-state index is 13.8. The normalized spacial score (nSPS) is 26.2. The smallest absolute Gasteiger partial charge is 0.271 e. The first-order valence-corrected chi connectivity index (χ1v) is 17.1. The Labute approximate surface area is 229 Å². The molecule has 2 saturated carbocycles. The molecule has 4 rings (SSSR count). The van der Waals surface area contributed by atoms with E-state index in [1.54, 1.807) is 17.8 Å². The average molecular weight is 539 g/mol. The van der Waals surface area contributed by atoms with Crippen LogP contribution in [0.3, 0.4) is 0 Å². The Kier molecular flexibility index (Phi) is 7.97. The minimum atomic E-state index is -1.86. The first kappa shape index (κ1) is 28.6. The lowest BCUT2D eigenvalue weighted by Crippen LogP contribution is -2.46. The van der Waals surface area contributed by atoms with E-state index in [1.165, 1.54) is 0 Å². The van der Waals surface area contributed by atoms with Gasteiger partial charge in [-0.1, -0.05) is 65.0 Å². The molecule has 2 aromatic rings. The highest BCUT2D eigenvalue weighted by Crippen LogP contribution is 2.56. The molecule has 1 aromatic heterocycles. The Morgan fingerprint density at radius 1 is 1.18 bits per heavy atom. The maximum atomic E-state index is 13.8. The highest BCUT2D eigenvalue weighted by atomic mass is 28.4. The second-order valence-electron chi connectivity index (χ2n) is 13.0. The van der Waals surface area contributed by atoms with Gasteiger partial charge in [-0.2, -0.15) is 5.10 Å². The van der Waals surface area contributed by atoms with Crippen molar-refractivity contribution in [3.63, 3.8) is 0 Å². The van der Waals surface area contributed by atoms with E-state index < -0.39 is 8.32 Å². The summed E-state index contributed by atoms with van der Waals surface area (Å²) in [6.07, 6.45) is 5.10. The summed E-state index contributed by atoms with van der Waals surface area (Å²) >= 11 is 0. The Bertz CT molecular complexity index is 1160. The molecule has 2 fully saturated rings. The Morgan fingerprint density at radius 2 is 1.87 bits per heavy atom. The number of carbonyl (C=O) groups is 2. The van der Waals surface area contributed by atoms with E-state index in [0.29, 0.717) is 11.6 Å². The number of hydrogen-bond acceptors (Lipinski definition) is 4. The lowest BCUT2D eigenvalue weighted by Gasteiger charge is -2.39. The SMILES string of the molecule is CC[C@@H](c1ccccc1)n1nc(C(=O)NC)cc1C(=O)N[C@H]1CC[C@H]2CC(O[Si](C)(C)C(C)(C)C)C[C@@]21C. The molecular weight excluding hydrogens is 492 g/mol. The molecule has 2 aliphatic carbocycles. The summed E-state index contributed by atoms with van der Waals surface area (Å²) in [5.74, 6) is 0.0827. The lowest BCUT2D eigenvalue weighted by atomic mass is 9.79. The van der Waals surface area contributed by atoms with E-state index in [4.69, 9.17) is 4.43 Å². The monoisotopic (exact) mass is 538 g/mol. The minimum Gasteiger partial charge on any atom is -0.414 e. The van der Waals surface area contributed by atoms with E-state index in [0.717, 1.165) is 37.7 Å². The van der Waals surface area contributed by atoms with Crippen LogP contribution in [-0.2, 0) is 4.43 Å². The third-order valence-electron chi connectivity index (χ3n) is 9.61. The summed E-state index contributed by atoms with van der Waals surface area (Å²) in [4.78, 5) is 26.3. The molecule has 7 nitrogen and oxygen atoms in total. The van der Waals surface area contributed by atoms with Crippen molar-refractivity contribution in [1.29, 1.82) is 0 Å². The third kappa shape index (κ3) is 5.34. The van der Waals surface area contributed by atoms with Crippen molar-refractivity contribution in [1.82, 2.24) is 20.4 Å². The highest BCUT2D eigenvalue weighted by molar-refractivity contribution is 6.74. The number of carbonyl (C=O) groups excluding carboxylic acids is 2. The van der Waals surface area contributed by atoms with Gasteiger partial charge in [-0.05, 0) is 67.1 Å². The first-order valence-electron chi connectivity index (χ1n) is 14.2. The fourth-order valence-electron chi connectivity index (χ4n) is 6.32. The van der Waals surface area contributed by atoms with Crippen LogP contribution in [0.5, 0.6) is 0 Å². The van der Waals surface area contributed by atoms with Gasteiger partial charge in [-0.3, -0.25) is 14.3 Å². The second-order valence-corrected chi connectivity index (χ2v) is 17.8. The van der Waals surface area contributed by atoms with E-state index >= 15 is 0 Å². The zero-order chi connectivity index (χ0) is 27.9. The molecular formula is C30H46N4O3Si. The van der Waals surface area contributed by atoms with Crippen LogP contribution in [0, 0.1) is 11.3 Å². The number of nitrogens with zero attached hydrogens (tertiary/aromatic N) is 2. The van der Waals surface area contributed by atoms with Crippen LogP contribution in [0.1, 0.15) is 99.3 Å². The molecule has 5 atom stereocenters. The Balaban J connectivity index is 1.57. The summed E-state index contributed by atoms with van der Waals surface area (Å²) in [5, 5.41) is 10.8. The van der Waals surface area contributed by atoms with Gasteiger partial charge in [0.25, 0.3) is 11.8 Å². The van der Waals surface area contributed by atoms with Crippen molar-refractivity contribution in [2.45, 2.75) is 103 Å². The minimum absolute atomic E-state index is 0.000748. The average Bonchev–Trinajstić information content (AvgIpc) is 3.51. The van der Waals surface area contributed by atoms with E-state index in [-0.39, 0.29) is 46.1 Å². The van der Waals surface area contributed by atoms with Crippen LogP contribution in [-0.4, -0.2) is 49.1 Å². The van der Waals surface area contributed by atoms with Crippen LogP contribution in [0.4, 0.5) is 0 Å². The van der Waals surface area contributed by atoms with E-state index in [2.05, 4.69) is 63.4 Å². The molecule has 8 heteroatoms. The molecule has 38 heavy (non-hydrogen) atoms. The molecule has 2 amide bonds. The number of fused-ring (bicyclic) bond motifs is 1. The summed E-state index contributed by atoms with van der Waals surface area (Å²) in [6.45, 7) is 15.9. The third-order valence-corrected chi connectivity index (χ3v) is 14.1. The number of benzene rings is 1. The van der Waals surface area contributed by atoms with Crippen molar-refractivity contribution in [3.05, 3.63) is 53.3 Å². The fraction of sp³-hybridized carbons (Fsp3) is 0.633. The van der Waals surface area contributed by atoms with Gasteiger partial charge in [0.15, 0.2) is 14.0 Å². The quantitative estimate of drug-likeness (QED) is 0.407. The molecule has 0 aliphatic heterocycles. The summed E-state index contributed by atoms with van der Waals surface area (Å²) in [5.41, 5.74) is 1.75. The second kappa shape index (κ2) is 10.6. The molecule has 2 N–H and O–H groups in total. The van der Waals surface area contributed by atoms with Crippen molar-refractivity contribution >= 4 is 20.1 Å². The van der Waals surface area contributed by atoms with Crippen LogP contribution < -0.4 is 10.6 Å². The van der Waals surface area contributed by atoms with E-state index in [9.17, 15) is 9.59 Å². The molecule has 1 aromatic carbocycles. The largest absolute Gasteiger partial charge is 0.414 e. The zero-order valence-electron chi connectivity index (χ0n) is 24.4. The summed E-state index contributed by atoms with van der Waals surface area (Å²) in [6, 6.07) is 11.6. The standard InChI is InChI=1S/C30H46N4O3Si/c1-9-24(20-13-11-10-12-14-20)34-25(18-23(33-34)27(35)31-6)28(36)32-26-16-15-21-17-22(19-30(21,26)5)37-38(7,8)29(2,3)4/h10-14,18,21-22,24,26H,9,15-17,19H2,1-8H3,(H,31,35)(H,32,36)/t21-,22?,24-,26-,30-/m0/s1. The van der Waals surface area contributed by atoms with Crippen molar-refractivity contribution in [2.75, 3.05) is 7.05 Å². The van der Waals surface area contributed by atoms with E-state index in [1.807, 2.05) is 30.3 Å². The molecule has 2 aliphatic rings. The van der Waals surface area contributed by atoms with Crippen LogP contribution in [0.2, 0.25) is 18.1 Å². The zero-order valence-corrected chi connectivity index (χ0v) is 25.4. The van der Waals surface area contributed by atoms with Crippen LogP contribution in [0.15, 0.2) is 36.4 Å². The summed E-state index contributed by atoms with van der Waals surface area (Å²) < 4.78 is 8.56. The molecule has 208 valence electrons. The molecule has 0 bridgehead atoms. The Morgan fingerprint density at radius 3 is 2.47 bits per heavy atom. The van der Waals surface area contributed by atoms with Gasteiger partial charge in [0.2, 0.25) is 0 Å². The number of amides is 2. The molecule has 0 saturated heterocycles. The van der Waals surface area contributed by atoms with Gasteiger partial charge in [-0.15, -0.1) is 0 Å². The fourth-order valence-corrected chi connectivity index (χ4v) is 7.68. The topological polar surface area (TPSA) is 85.2 Å². The van der Waals surface area contributed by atoms with Crippen LogP contribution in [0.25, 0.3) is 0 Å². The van der Waals surface area contributed by atoms with Gasteiger partial charge in [0.05, 0.1) is 6.04 Å². The number of nitrogens with one attached hydrogen (secondary N) is 2.